The van der Waals surface area contributed by atoms with Gasteiger partial charge in [-0.3, -0.25) is 9.89 Å². The van der Waals surface area contributed by atoms with Gasteiger partial charge in [-0.15, -0.1) is 0 Å². The van der Waals surface area contributed by atoms with Crippen LogP contribution in [-0.4, -0.2) is 46.7 Å². The number of carbonyl (C=O) groups is 2. The van der Waals surface area contributed by atoms with Crippen molar-refractivity contribution in [2.45, 2.75) is 32.6 Å². The van der Waals surface area contributed by atoms with E-state index in [1.807, 2.05) is 30.9 Å². The van der Waals surface area contributed by atoms with E-state index in [-0.39, 0.29) is 17.9 Å². The molecule has 1 aliphatic rings. The van der Waals surface area contributed by atoms with Crippen LogP contribution in [0.2, 0.25) is 5.02 Å². The lowest BCUT2D eigenvalue weighted by Gasteiger charge is -2.32. The molecule has 1 atom stereocenters. The van der Waals surface area contributed by atoms with Gasteiger partial charge >= 0.3 is 6.03 Å². The number of aryl methyl sites for hydroxylation is 1. The molecule has 0 saturated carbocycles. The van der Waals surface area contributed by atoms with Crippen LogP contribution in [0.4, 0.5) is 10.5 Å². The molecular formula is C19H24ClN5O2. The number of aromatic nitrogens is 2. The number of carbonyl (C=O) groups excluding carboxylic acids is 2. The van der Waals surface area contributed by atoms with Gasteiger partial charge in [0.25, 0.3) is 5.91 Å². The highest BCUT2D eigenvalue weighted by atomic mass is 35.5. The SMILES string of the molecule is CCNC(=O)Nc1cn[nH]c1C1CCCN(C(=O)c2ccc(C)c(Cl)c2)C1. The Morgan fingerprint density at radius 3 is 2.96 bits per heavy atom. The predicted molar refractivity (Wildman–Crippen MR) is 105 cm³/mol. The van der Waals surface area contributed by atoms with Crippen molar-refractivity contribution in [2.24, 2.45) is 0 Å². The number of H-pyrrole nitrogens is 1. The minimum atomic E-state index is -0.266. The molecule has 1 fully saturated rings. The predicted octanol–water partition coefficient (Wildman–Crippen LogP) is 3.53. The molecule has 0 radical (unpaired) electrons. The van der Waals surface area contributed by atoms with E-state index in [2.05, 4.69) is 20.8 Å². The van der Waals surface area contributed by atoms with Crippen LogP contribution in [0, 0.1) is 6.92 Å². The van der Waals surface area contributed by atoms with Crippen LogP contribution >= 0.6 is 11.6 Å². The van der Waals surface area contributed by atoms with Gasteiger partial charge in [0.1, 0.15) is 0 Å². The van der Waals surface area contributed by atoms with E-state index >= 15 is 0 Å². The van der Waals surface area contributed by atoms with E-state index in [0.29, 0.717) is 35.9 Å². The van der Waals surface area contributed by atoms with E-state index in [0.717, 1.165) is 24.1 Å². The standard InChI is InChI=1S/C19H24ClN5O2/c1-3-21-19(27)23-16-10-22-24-17(16)14-5-4-8-25(11-14)18(26)13-7-6-12(2)15(20)9-13/h6-7,9-10,14H,3-5,8,11H2,1-2H3,(H,22,24)(H2,21,23,27). The maximum Gasteiger partial charge on any atom is 0.319 e. The molecule has 1 saturated heterocycles. The molecule has 3 rings (SSSR count). The van der Waals surface area contributed by atoms with Crippen molar-refractivity contribution >= 4 is 29.2 Å². The number of likely N-dealkylation sites (tertiary alicyclic amines) is 1. The van der Waals surface area contributed by atoms with Gasteiger partial charge in [0.15, 0.2) is 0 Å². The van der Waals surface area contributed by atoms with Crippen molar-refractivity contribution in [3.05, 3.63) is 46.2 Å². The summed E-state index contributed by atoms with van der Waals surface area (Å²) in [6.45, 7) is 5.58. The number of urea groups is 1. The third-order valence-electron chi connectivity index (χ3n) is 4.79. The highest BCUT2D eigenvalue weighted by Crippen LogP contribution is 2.31. The minimum absolute atomic E-state index is 0.0284. The lowest BCUT2D eigenvalue weighted by Crippen LogP contribution is -2.39. The summed E-state index contributed by atoms with van der Waals surface area (Å²) in [5, 5.41) is 13.2. The third kappa shape index (κ3) is 4.42. The molecule has 1 aromatic heterocycles. The van der Waals surface area contributed by atoms with Gasteiger partial charge < -0.3 is 15.5 Å². The first-order valence-corrected chi connectivity index (χ1v) is 9.51. The van der Waals surface area contributed by atoms with Crippen LogP contribution in [0.3, 0.4) is 0 Å². The summed E-state index contributed by atoms with van der Waals surface area (Å²) in [7, 11) is 0. The summed E-state index contributed by atoms with van der Waals surface area (Å²) in [4.78, 5) is 26.5. The zero-order chi connectivity index (χ0) is 19.4. The van der Waals surface area contributed by atoms with Gasteiger partial charge in [-0.05, 0) is 44.4 Å². The van der Waals surface area contributed by atoms with Gasteiger partial charge in [0, 0.05) is 36.1 Å². The Hall–Kier alpha value is -2.54. The second-order valence-corrected chi connectivity index (χ2v) is 7.14. The topological polar surface area (TPSA) is 90.1 Å². The molecule has 2 heterocycles. The second-order valence-electron chi connectivity index (χ2n) is 6.74. The lowest BCUT2D eigenvalue weighted by molar-refractivity contribution is 0.0706. The number of nitrogens with one attached hydrogen (secondary N) is 3. The van der Waals surface area contributed by atoms with Crippen molar-refractivity contribution in [3.8, 4) is 0 Å². The van der Waals surface area contributed by atoms with Crippen LogP contribution in [0.1, 0.15) is 47.3 Å². The molecule has 0 spiro atoms. The molecule has 27 heavy (non-hydrogen) atoms. The number of hydrogen-bond acceptors (Lipinski definition) is 3. The number of aromatic amines is 1. The van der Waals surface area contributed by atoms with Crippen LogP contribution in [0.5, 0.6) is 0 Å². The Balaban J connectivity index is 1.73. The van der Waals surface area contributed by atoms with E-state index in [1.165, 1.54) is 0 Å². The average Bonchev–Trinajstić information content (AvgIpc) is 3.11. The van der Waals surface area contributed by atoms with Gasteiger partial charge in [-0.2, -0.15) is 5.10 Å². The van der Waals surface area contributed by atoms with E-state index in [9.17, 15) is 9.59 Å². The van der Waals surface area contributed by atoms with Crippen LogP contribution < -0.4 is 10.6 Å². The Morgan fingerprint density at radius 2 is 2.22 bits per heavy atom. The fourth-order valence-corrected chi connectivity index (χ4v) is 3.52. The number of amides is 3. The van der Waals surface area contributed by atoms with Crippen molar-refractivity contribution in [3.63, 3.8) is 0 Å². The minimum Gasteiger partial charge on any atom is -0.338 e. The molecule has 1 unspecified atom stereocenters. The Morgan fingerprint density at radius 1 is 1.41 bits per heavy atom. The zero-order valence-electron chi connectivity index (χ0n) is 15.5. The monoisotopic (exact) mass is 389 g/mol. The number of halogens is 1. The summed E-state index contributed by atoms with van der Waals surface area (Å²) in [6, 6.07) is 5.13. The summed E-state index contributed by atoms with van der Waals surface area (Å²) in [5.74, 6) is 0.0578. The Bertz CT molecular complexity index is 835. The fraction of sp³-hybridized carbons (Fsp3) is 0.421. The largest absolute Gasteiger partial charge is 0.338 e. The zero-order valence-corrected chi connectivity index (χ0v) is 16.3. The Labute approximate surface area is 163 Å². The average molecular weight is 390 g/mol. The summed E-state index contributed by atoms with van der Waals surface area (Å²) >= 11 is 6.17. The fourth-order valence-electron chi connectivity index (χ4n) is 3.34. The molecule has 0 bridgehead atoms. The lowest BCUT2D eigenvalue weighted by atomic mass is 9.93. The number of hydrogen-bond donors (Lipinski definition) is 3. The molecular weight excluding hydrogens is 366 g/mol. The summed E-state index contributed by atoms with van der Waals surface area (Å²) in [5.41, 5.74) is 3.04. The van der Waals surface area contributed by atoms with E-state index in [4.69, 9.17) is 11.6 Å². The molecule has 3 amide bonds. The first kappa shape index (κ1) is 19.2. The summed E-state index contributed by atoms with van der Waals surface area (Å²) < 4.78 is 0. The van der Waals surface area contributed by atoms with Crippen LogP contribution in [0.15, 0.2) is 24.4 Å². The molecule has 3 N–H and O–H groups in total. The molecule has 1 aliphatic heterocycles. The van der Waals surface area contributed by atoms with Crippen LogP contribution in [-0.2, 0) is 0 Å². The maximum atomic E-state index is 12.9. The van der Waals surface area contributed by atoms with Crippen molar-refractivity contribution in [1.29, 1.82) is 0 Å². The smallest absolute Gasteiger partial charge is 0.319 e. The first-order valence-electron chi connectivity index (χ1n) is 9.13. The number of rotatable bonds is 4. The quantitative estimate of drug-likeness (QED) is 0.747. The summed E-state index contributed by atoms with van der Waals surface area (Å²) in [6.07, 6.45) is 3.41. The maximum absolute atomic E-state index is 12.9. The van der Waals surface area contributed by atoms with E-state index < -0.39 is 0 Å². The number of benzene rings is 1. The highest BCUT2D eigenvalue weighted by molar-refractivity contribution is 6.31. The normalized spacial score (nSPS) is 16.9. The molecule has 0 aliphatic carbocycles. The number of anilines is 1. The van der Waals surface area contributed by atoms with Crippen molar-refractivity contribution in [1.82, 2.24) is 20.4 Å². The third-order valence-corrected chi connectivity index (χ3v) is 5.20. The molecule has 144 valence electrons. The van der Waals surface area contributed by atoms with Gasteiger partial charge in [-0.1, -0.05) is 17.7 Å². The van der Waals surface area contributed by atoms with Gasteiger partial charge in [-0.25, -0.2) is 4.79 Å². The van der Waals surface area contributed by atoms with Crippen molar-refractivity contribution < 1.29 is 9.59 Å². The molecule has 7 nitrogen and oxygen atoms in total. The highest BCUT2D eigenvalue weighted by Gasteiger charge is 2.28. The second kappa shape index (κ2) is 8.43. The number of nitrogens with zero attached hydrogens (tertiary/aromatic N) is 2. The van der Waals surface area contributed by atoms with Crippen LogP contribution in [0.25, 0.3) is 0 Å². The van der Waals surface area contributed by atoms with Crippen molar-refractivity contribution in [2.75, 3.05) is 25.0 Å². The number of piperidine rings is 1. The Kier molecular flexibility index (Phi) is 6.01. The molecule has 1 aromatic carbocycles. The van der Waals surface area contributed by atoms with Gasteiger partial charge in [0.2, 0.25) is 0 Å². The molecule has 8 heteroatoms. The van der Waals surface area contributed by atoms with E-state index in [1.54, 1.807) is 12.3 Å². The molecule has 2 aromatic rings. The first-order chi connectivity index (χ1) is 13.0. The van der Waals surface area contributed by atoms with Gasteiger partial charge in [0.05, 0.1) is 17.6 Å².